The van der Waals surface area contributed by atoms with E-state index in [2.05, 4.69) is 0 Å². The maximum atomic E-state index is 4.70. The van der Waals surface area contributed by atoms with Gasteiger partial charge < -0.3 is 0 Å². The summed E-state index contributed by atoms with van der Waals surface area (Å²) >= 11 is 0. The predicted molar refractivity (Wildman–Crippen MR) is 32.3 cm³/mol. The average Bonchev–Trinajstić information content (AvgIpc) is 2.64. The maximum absolute atomic E-state index is 4.70. The highest BCUT2D eigenvalue weighted by Gasteiger charge is 2.43. The molecule has 46 valence electrons. The first kappa shape index (κ1) is 4.97. The first-order chi connectivity index (χ1) is 4.41. The van der Waals surface area contributed by atoms with Gasteiger partial charge in [0.15, 0.2) is 0 Å². The summed E-state index contributed by atoms with van der Waals surface area (Å²) in [4.78, 5) is 9.41. The second kappa shape index (κ2) is 1.56. The van der Waals surface area contributed by atoms with Crippen molar-refractivity contribution in [3.8, 4) is 0 Å². The molecule has 0 saturated carbocycles. The number of hydrogen-bond donors (Lipinski definition) is 0. The normalized spacial score (nSPS) is 26.7. The quantitative estimate of drug-likeness (QED) is 0.357. The smallest absolute Gasteiger partial charge is 0.185 e. The van der Waals surface area contributed by atoms with Gasteiger partial charge in [-0.05, 0) is 12.2 Å². The van der Waals surface area contributed by atoms with Gasteiger partial charge in [-0.2, -0.15) is 9.78 Å². The van der Waals surface area contributed by atoms with Crippen LogP contribution in [0.4, 0.5) is 0 Å². The van der Waals surface area contributed by atoms with Crippen molar-refractivity contribution in [1.82, 2.24) is 0 Å². The molecular formula is C7H6O2. The van der Waals surface area contributed by atoms with Crippen molar-refractivity contribution < 1.29 is 9.78 Å². The van der Waals surface area contributed by atoms with E-state index < -0.39 is 5.79 Å². The van der Waals surface area contributed by atoms with Gasteiger partial charge >= 0.3 is 0 Å². The molecule has 0 radical (unpaired) electrons. The van der Waals surface area contributed by atoms with Gasteiger partial charge in [0.25, 0.3) is 5.79 Å². The van der Waals surface area contributed by atoms with Crippen molar-refractivity contribution >= 4 is 0 Å². The molecule has 1 aliphatic heterocycles. The summed E-state index contributed by atoms with van der Waals surface area (Å²) < 4.78 is 0. The predicted octanol–water partition coefficient (Wildman–Crippen LogP) is 1.33. The summed E-state index contributed by atoms with van der Waals surface area (Å²) in [5.74, 6) is -0.510. The lowest BCUT2D eigenvalue weighted by molar-refractivity contribution is 0.0850. The minimum atomic E-state index is -0.510. The highest BCUT2D eigenvalue weighted by molar-refractivity contribution is 5.25. The summed E-state index contributed by atoms with van der Waals surface area (Å²) in [6.45, 7) is 0. The lowest BCUT2D eigenvalue weighted by atomic mass is 10.3. The molecular weight excluding hydrogens is 116 g/mol. The van der Waals surface area contributed by atoms with Crippen LogP contribution in [0.1, 0.15) is 0 Å². The molecule has 0 aromatic heterocycles. The Bertz CT molecular complexity index is 179. The molecule has 2 nitrogen and oxygen atoms in total. The summed E-state index contributed by atoms with van der Waals surface area (Å²) in [7, 11) is 0. The largest absolute Gasteiger partial charge is 0.271 e. The number of allylic oxidation sites excluding steroid dienone is 4. The first-order valence-corrected chi connectivity index (χ1v) is 2.82. The zero-order valence-corrected chi connectivity index (χ0v) is 4.78. The Morgan fingerprint density at radius 2 is 1.33 bits per heavy atom. The molecule has 2 heteroatoms. The Hall–Kier alpha value is -0.860. The van der Waals surface area contributed by atoms with Gasteiger partial charge in [0.2, 0.25) is 0 Å². The molecule has 0 amide bonds. The van der Waals surface area contributed by atoms with Gasteiger partial charge in [-0.25, -0.2) is 0 Å². The van der Waals surface area contributed by atoms with Crippen molar-refractivity contribution in [2.75, 3.05) is 0 Å². The highest BCUT2D eigenvalue weighted by atomic mass is 17.4. The van der Waals surface area contributed by atoms with Crippen LogP contribution in [-0.2, 0) is 9.78 Å². The Morgan fingerprint density at radius 3 is 1.78 bits per heavy atom. The topological polar surface area (TPSA) is 25.1 Å². The van der Waals surface area contributed by atoms with E-state index in [0.717, 1.165) is 0 Å². The molecule has 1 spiro atoms. The van der Waals surface area contributed by atoms with Crippen LogP contribution in [-0.4, -0.2) is 5.79 Å². The third-order valence-electron chi connectivity index (χ3n) is 1.27. The third kappa shape index (κ3) is 0.823. The van der Waals surface area contributed by atoms with Crippen molar-refractivity contribution in [2.24, 2.45) is 0 Å². The van der Waals surface area contributed by atoms with Crippen molar-refractivity contribution in [2.45, 2.75) is 5.79 Å². The van der Waals surface area contributed by atoms with E-state index in [4.69, 9.17) is 9.78 Å². The Labute approximate surface area is 53.0 Å². The molecule has 0 atom stereocenters. The average molecular weight is 122 g/mol. The lowest BCUT2D eigenvalue weighted by Crippen LogP contribution is -1.97. The fraction of sp³-hybridized carbons (Fsp3) is 0.143. The van der Waals surface area contributed by atoms with Crippen LogP contribution in [0.25, 0.3) is 0 Å². The third-order valence-corrected chi connectivity index (χ3v) is 1.27. The molecule has 2 rings (SSSR count). The second-order valence-electron chi connectivity index (χ2n) is 1.99. The van der Waals surface area contributed by atoms with Gasteiger partial charge in [0, 0.05) is 0 Å². The first-order valence-electron chi connectivity index (χ1n) is 2.82. The van der Waals surface area contributed by atoms with E-state index in [-0.39, 0.29) is 0 Å². The molecule has 1 fully saturated rings. The van der Waals surface area contributed by atoms with E-state index in [1.54, 1.807) is 0 Å². The fourth-order valence-electron chi connectivity index (χ4n) is 0.722. The van der Waals surface area contributed by atoms with E-state index in [1.807, 2.05) is 36.5 Å². The van der Waals surface area contributed by atoms with E-state index in [9.17, 15) is 0 Å². The molecule has 0 aromatic carbocycles. The SMILES string of the molecule is C1=CC=CC2(C=C1)OO2. The van der Waals surface area contributed by atoms with Crippen LogP contribution >= 0.6 is 0 Å². The van der Waals surface area contributed by atoms with Crippen LogP contribution in [0.5, 0.6) is 0 Å². The minimum absolute atomic E-state index is 0.510. The zero-order valence-electron chi connectivity index (χ0n) is 4.78. The molecule has 0 aromatic rings. The van der Waals surface area contributed by atoms with Crippen molar-refractivity contribution in [3.05, 3.63) is 36.5 Å². The summed E-state index contributed by atoms with van der Waals surface area (Å²) in [6.07, 6.45) is 11.4. The zero-order chi connectivity index (χ0) is 6.16. The van der Waals surface area contributed by atoms with Crippen LogP contribution in [0.3, 0.4) is 0 Å². The highest BCUT2D eigenvalue weighted by Crippen LogP contribution is 2.33. The molecule has 0 unspecified atom stereocenters. The van der Waals surface area contributed by atoms with Crippen molar-refractivity contribution in [1.29, 1.82) is 0 Å². The van der Waals surface area contributed by atoms with E-state index in [1.165, 1.54) is 0 Å². The summed E-state index contributed by atoms with van der Waals surface area (Å²) in [5.41, 5.74) is 0. The van der Waals surface area contributed by atoms with Crippen LogP contribution in [0.15, 0.2) is 36.5 Å². The van der Waals surface area contributed by atoms with Gasteiger partial charge in [-0.15, -0.1) is 0 Å². The molecule has 2 aliphatic rings. The molecule has 0 N–H and O–H groups in total. The maximum Gasteiger partial charge on any atom is 0.271 e. The van der Waals surface area contributed by atoms with Gasteiger partial charge in [-0.3, -0.25) is 0 Å². The standard InChI is InChI=1S/C7H6O2/c1-2-4-6-7(5-3-1)8-9-7/h1-6H. The number of rotatable bonds is 0. The van der Waals surface area contributed by atoms with Crippen molar-refractivity contribution in [3.63, 3.8) is 0 Å². The molecule has 1 aliphatic carbocycles. The summed E-state index contributed by atoms with van der Waals surface area (Å²) in [5, 5.41) is 0. The van der Waals surface area contributed by atoms with Crippen LogP contribution in [0, 0.1) is 0 Å². The van der Waals surface area contributed by atoms with E-state index >= 15 is 0 Å². The molecule has 1 saturated heterocycles. The fourth-order valence-corrected chi connectivity index (χ4v) is 0.722. The van der Waals surface area contributed by atoms with Gasteiger partial charge in [-0.1, -0.05) is 24.3 Å². The second-order valence-corrected chi connectivity index (χ2v) is 1.99. The molecule has 0 bridgehead atoms. The molecule has 1 heterocycles. The van der Waals surface area contributed by atoms with Crippen LogP contribution < -0.4 is 0 Å². The Balaban J connectivity index is 2.29. The Morgan fingerprint density at radius 1 is 0.778 bits per heavy atom. The molecule has 9 heavy (non-hydrogen) atoms. The Kier molecular flexibility index (Phi) is 0.860. The lowest BCUT2D eigenvalue weighted by Gasteiger charge is -1.84. The monoisotopic (exact) mass is 122 g/mol. The van der Waals surface area contributed by atoms with Gasteiger partial charge in [0.1, 0.15) is 0 Å². The van der Waals surface area contributed by atoms with Gasteiger partial charge in [0.05, 0.1) is 0 Å². The van der Waals surface area contributed by atoms with Crippen LogP contribution in [0.2, 0.25) is 0 Å². The van der Waals surface area contributed by atoms with E-state index in [0.29, 0.717) is 0 Å². The number of hydrogen-bond acceptors (Lipinski definition) is 2. The summed E-state index contributed by atoms with van der Waals surface area (Å²) in [6, 6.07) is 0. The minimum Gasteiger partial charge on any atom is -0.185 e.